The Bertz CT molecular complexity index is 1180. The number of methoxy groups -OCH3 is 1. The lowest BCUT2D eigenvalue weighted by Gasteiger charge is -2.11. The van der Waals surface area contributed by atoms with Crippen molar-refractivity contribution < 1.29 is 33.1 Å². The first-order chi connectivity index (χ1) is 15.2. The van der Waals surface area contributed by atoms with E-state index in [-0.39, 0.29) is 40.7 Å². The smallest absolute Gasteiger partial charge is 0.409 e. The third-order valence-electron chi connectivity index (χ3n) is 4.25. The van der Waals surface area contributed by atoms with Crippen molar-refractivity contribution in [1.82, 2.24) is 14.8 Å². The van der Waals surface area contributed by atoms with Gasteiger partial charge in [0, 0.05) is 30.4 Å². The van der Waals surface area contributed by atoms with E-state index in [4.69, 9.17) is 14.6 Å². The number of carbonyl (C=O) groups is 1. The van der Waals surface area contributed by atoms with Gasteiger partial charge in [-0.3, -0.25) is 20.1 Å². The second kappa shape index (κ2) is 9.34. The Hall–Kier alpha value is -4.13. The Morgan fingerprint density at radius 2 is 2.03 bits per heavy atom. The number of amides is 1. The molecule has 0 fully saturated rings. The fraction of sp³-hybridized carbons (Fsp3) is 0.211. The average Bonchev–Trinajstić information content (AvgIpc) is 3.16. The van der Waals surface area contributed by atoms with Crippen molar-refractivity contribution in [2.45, 2.75) is 13.2 Å². The second-order valence-corrected chi connectivity index (χ2v) is 6.55. The number of ether oxygens (including phenoxy) is 2. The predicted octanol–water partition coefficient (Wildman–Crippen LogP) is 3.48. The van der Waals surface area contributed by atoms with Gasteiger partial charge < -0.3 is 14.6 Å². The number of hydrogen-bond donors (Lipinski definition) is 2. The van der Waals surface area contributed by atoms with E-state index in [9.17, 15) is 23.7 Å². The summed E-state index contributed by atoms with van der Waals surface area (Å²) in [6.45, 7) is -0.628. The first-order valence-corrected chi connectivity index (χ1v) is 8.96. The molecular formula is C19H17F2N5O6. The van der Waals surface area contributed by atoms with Crippen LogP contribution in [0.3, 0.4) is 0 Å². The lowest BCUT2D eigenvalue weighted by Crippen LogP contribution is -2.09. The number of carboxylic acid groups (broad SMARTS) is 1. The summed E-state index contributed by atoms with van der Waals surface area (Å²) in [5.41, 5.74) is -0.158. The van der Waals surface area contributed by atoms with Crippen LogP contribution < -0.4 is 10.1 Å². The number of nitrogens with one attached hydrogen (secondary N) is 1. The predicted molar refractivity (Wildman–Crippen MR) is 106 cm³/mol. The van der Waals surface area contributed by atoms with Crippen molar-refractivity contribution in [2.24, 2.45) is 7.05 Å². The molecule has 2 N–H and O–H groups in total. The molecule has 0 atom stereocenters. The normalized spacial score (nSPS) is 10.8. The van der Waals surface area contributed by atoms with Crippen molar-refractivity contribution in [1.29, 1.82) is 0 Å². The number of rotatable bonds is 8. The zero-order valence-electron chi connectivity index (χ0n) is 16.8. The summed E-state index contributed by atoms with van der Waals surface area (Å²) < 4.78 is 39.8. The van der Waals surface area contributed by atoms with Gasteiger partial charge in [-0.15, -0.1) is 0 Å². The van der Waals surface area contributed by atoms with Gasteiger partial charge in [0.25, 0.3) is 0 Å². The van der Waals surface area contributed by atoms with Crippen molar-refractivity contribution in [2.75, 3.05) is 12.4 Å². The summed E-state index contributed by atoms with van der Waals surface area (Å²) in [6, 6.07) is 4.54. The fourth-order valence-corrected chi connectivity index (χ4v) is 2.96. The quantitative estimate of drug-likeness (QED) is 0.393. The number of anilines is 1. The van der Waals surface area contributed by atoms with Crippen LogP contribution in [0.2, 0.25) is 0 Å². The number of nitro benzene ring substituents is 1. The van der Waals surface area contributed by atoms with Crippen molar-refractivity contribution in [3.63, 3.8) is 0 Å². The topological polar surface area (TPSA) is 142 Å². The van der Waals surface area contributed by atoms with E-state index in [1.54, 1.807) is 7.05 Å². The largest absolute Gasteiger partial charge is 0.490 e. The van der Waals surface area contributed by atoms with Gasteiger partial charge in [0.2, 0.25) is 5.75 Å². The molecule has 0 aliphatic carbocycles. The number of aromatic nitrogens is 3. The molecule has 0 bridgehead atoms. The molecule has 0 saturated heterocycles. The molecule has 32 heavy (non-hydrogen) atoms. The molecule has 0 radical (unpaired) electrons. The Balaban J connectivity index is 1.87. The molecule has 0 unspecified atom stereocenters. The van der Waals surface area contributed by atoms with Gasteiger partial charge in [0.05, 0.1) is 30.8 Å². The van der Waals surface area contributed by atoms with E-state index < -0.39 is 29.3 Å². The highest BCUT2D eigenvalue weighted by Gasteiger charge is 2.24. The summed E-state index contributed by atoms with van der Waals surface area (Å²) in [5.74, 6) is -2.29. The third-order valence-corrected chi connectivity index (χ3v) is 4.25. The van der Waals surface area contributed by atoms with Crippen LogP contribution in [0.1, 0.15) is 11.1 Å². The standard InChI is InChI=1S/C19H17F2N5O6/c1-25-9-22-18(24-25)13-3-10(4-15(26(29)30)17(13)31-2)7-32-8-11-5-12(23-19(27)28)6-14(20)16(11)21/h3-6,9,23H,7-8H2,1-2H3,(H,27,28). The van der Waals surface area contributed by atoms with Gasteiger partial charge in [0.15, 0.2) is 17.5 Å². The van der Waals surface area contributed by atoms with Crippen molar-refractivity contribution >= 4 is 17.5 Å². The summed E-state index contributed by atoms with van der Waals surface area (Å²) in [4.78, 5) is 25.7. The summed E-state index contributed by atoms with van der Waals surface area (Å²) in [6.07, 6.45) is -0.0247. The highest BCUT2D eigenvalue weighted by Crippen LogP contribution is 2.38. The molecule has 0 saturated carbocycles. The van der Waals surface area contributed by atoms with E-state index in [0.29, 0.717) is 11.6 Å². The van der Waals surface area contributed by atoms with Gasteiger partial charge in [0.1, 0.15) is 6.33 Å². The lowest BCUT2D eigenvalue weighted by molar-refractivity contribution is -0.385. The molecule has 1 heterocycles. The van der Waals surface area contributed by atoms with Crippen molar-refractivity contribution in [3.8, 4) is 17.1 Å². The van der Waals surface area contributed by atoms with Crippen LogP contribution in [-0.2, 0) is 25.0 Å². The number of halogens is 2. The summed E-state index contributed by atoms with van der Waals surface area (Å²) >= 11 is 0. The van der Waals surface area contributed by atoms with E-state index in [1.807, 2.05) is 5.32 Å². The molecule has 1 aromatic heterocycles. The Morgan fingerprint density at radius 1 is 1.28 bits per heavy atom. The molecule has 168 valence electrons. The Morgan fingerprint density at radius 3 is 2.62 bits per heavy atom. The molecule has 3 aromatic rings. The molecule has 0 spiro atoms. The third kappa shape index (κ3) is 4.95. The average molecular weight is 449 g/mol. The maximum Gasteiger partial charge on any atom is 0.409 e. The van der Waals surface area contributed by atoms with Crippen LogP contribution in [0, 0.1) is 21.7 Å². The zero-order chi connectivity index (χ0) is 23.4. The Labute approximate surface area is 179 Å². The monoisotopic (exact) mass is 449 g/mol. The van der Waals surface area contributed by atoms with E-state index in [2.05, 4.69) is 10.1 Å². The van der Waals surface area contributed by atoms with E-state index >= 15 is 0 Å². The van der Waals surface area contributed by atoms with Gasteiger partial charge in [-0.1, -0.05) is 0 Å². The highest BCUT2D eigenvalue weighted by molar-refractivity contribution is 5.82. The lowest BCUT2D eigenvalue weighted by atomic mass is 10.1. The zero-order valence-corrected chi connectivity index (χ0v) is 16.8. The maximum atomic E-state index is 14.0. The molecule has 0 aliphatic rings. The van der Waals surface area contributed by atoms with Gasteiger partial charge in [-0.2, -0.15) is 5.10 Å². The number of nitro groups is 1. The van der Waals surface area contributed by atoms with Crippen LogP contribution >= 0.6 is 0 Å². The molecule has 11 nitrogen and oxygen atoms in total. The maximum absolute atomic E-state index is 14.0. The SMILES string of the molecule is COc1c(-c2ncn(C)n2)cc(COCc2cc(NC(=O)O)cc(F)c2F)cc1[N+](=O)[O-]. The fourth-order valence-electron chi connectivity index (χ4n) is 2.96. The molecule has 1 amide bonds. The highest BCUT2D eigenvalue weighted by atomic mass is 19.2. The minimum Gasteiger partial charge on any atom is -0.490 e. The molecule has 2 aromatic carbocycles. The first-order valence-electron chi connectivity index (χ1n) is 8.96. The van der Waals surface area contributed by atoms with Crippen LogP contribution in [-0.4, -0.2) is 38.0 Å². The minimum absolute atomic E-state index is 0.0366. The van der Waals surface area contributed by atoms with Gasteiger partial charge in [-0.25, -0.2) is 18.6 Å². The number of benzene rings is 2. The number of hydrogen-bond acceptors (Lipinski definition) is 7. The van der Waals surface area contributed by atoms with Crippen LogP contribution in [0.5, 0.6) is 5.75 Å². The first kappa shape index (κ1) is 22.6. The summed E-state index contributed by atoms with van der Waals surface area (Å²) in [7, 11) is 2.91. The van der Waals surface area contributed by atoms with Crippen molar-refractivity contribution in [3.05, 3.63) is 63.5 Å². The van der Waals surface area contributed by atoms with E-state index in [1.165, 1.54) is 30.3 Å². The minimum atomic E-state index is -1.44. The van der Waals surface area contributed by atoms with Crippen LogP contribution in [0.15, 0.2) is 30.6 Å². The number of aryl methyl sites for hydroxylation is 1. The molecule has 3 rings (SSSR count). The van der Waals surface area contributed by atoms with Crippen LogP contribution in [0.4, 0.5) is 25.0 Å². The number of nitrogens with zero attached hydrogens (tertiary/aromatic N) is 4. The molecule has 0 aliphatic heterocycles. The second-order valence-electron chi connectivity index (χ2n) is 6.55. The molecular weight excluding hydrogens is 432 g/mol. The molecule has 13 heteroatoms. The van der Waals surface area contributed by atoms with E-state index in [0.717, 1.165) is 6.07 Å². The van der Waals surface area contributed by atoms with Gasteiger partial charge in [-0.05, 0) is 17.7 Å². The van der Waals surface area contributed by atoms with Crippen LogP contribution in [0.25, 0.3) is 11.4 Å². The Kier molecular flexibility index (Phi) is 6.59. The van der Waals surface area contributed by atoms with Gasteiger partial charge >= 0.3 is 11.8 Å². The summed E-state index contributed by atoms with van der Waals surface area (Å²) in [5, 5.41) is 26.3.